The second kappa shape index (κ2) is 11.0. The van der Waals surface area contributed by atoms with Crippen LogP contribution < -0.4 is 15.4 Å². The molecule has 0 saturated carbocycles. The minimum atomic E-state index is 0.0566. The SMILES string of the molecule is CN=C(NCC(C)CN1CCOCC1)NCC(C)Oc1cccc(C)c1. The highest BCUT2D eigenvalue weighted by molar-refractivity contribution is 5.79. The minimum absolute atomic E-state index is 0.0566. The van der Waals surface area contributed by atoms with Gasteiger partial charge >= 0.3 is 0 Å². The van der Waals surface area contributed by atoms with Crippen LogP contribution in [0.5, 0.6) is 5.75 Å². The maximum Gasteiger partial charge on any atom is 0.191 e. The van der Waals surface area contributed by atoms with Crippen LogP contribution in [0.15, 0.2) is 29.3 Å². The van der Waals surface area contributed by atoms with Crippen molar-refractivity contribution in [2.75, 3.05) is 53.0 Å². The number of hydrogen-bond donors (Lipinski definition) is 2. The number of guanidine groups is 1. The van der Waals surface area contributed by atoms with E-state index in [1.807, 2.05) is 12.1 Å². The smallest absolute Gasteiger partial charge is 0.191 e. The Morgan fingerprint density at radius 3 is 2.65 bits per heavy atom. The van der Waals surface area contributed by atoms with E-state index >= 15 is 0 Å². The van der Waals surface area contributed by atoms with Crippen molar-refractivity contribution in [1.82, 2.24) is 15.5 Å². The number of morpholine rings is 1. The quantitative estimate of drug-likeness (QED) is 0.546. The molecule has 1 aromatic rings. The van der Waals surface area contributed by atoms with Gasteiger partial charge in [0.25, 0.3) is 0 Å². The summed E-state index contributed by atoms with van der Waals surface area (Å²) < 4.78 is 11.4. The highest BCUT2D eigenvalue weighted by atomic mass is 16.5. The first kappa shape index (κ1) is 20.5. The normalized spacial score (nSPS) is 18.2. The number of aliphatic imine (C=N–C) groups is 1. The lowest BCUT2D eigenvalue weighted by atomic mass is 10.1. The first-order chi connectivity index (χ1) is 12.6. The molecule has 0 amide bonds. The fourth-order valence-corrected chi connectivity index (χ4v) is 2.98. The molecule has 1 aliphatic rings. The number of aryl methyl sites for hydroxylation is 1. The van der Waals surface area contributed by atoms with Gasteiger partial charge in [0, 0.05) is 33.2 Å². The van der Waals surface area contributed by atoms with Crippen molar-refractivity contribution in [2.45, 2.75) is 26.9 Å². The van der Waals surface area contributed by atoms with Gasteiger partial charge in [-0.15, -0.1) is 0 Å². The van der Waals surface area contributed by atoms with Crippen LogP contribution in [0.1, 0.15) is 19.4 Å². The van der Waals surface area contributed by atoms with E-state index in [2.05, 4.69) is 53.4 Å². The van der Waals surface area contributed by atoms with E-state index < -0.39 is 0 Å². The van der Waals surface area contributed by atoms with Crippen LogP contribution in [0.25, 0.3) is 0 Å². The minimum Gasteiger partial charge on any atom is -0.489 e. The first-order valence-corrected chi connectivity index (χ1v) is 9.54. The van der Waals surface area contributed by atoms with Gasteiger partial charge in [0.2, 0.25) is 0 Å². The Hall–Kier alpha value is -1.79. The molecule has 26 heavy (non-hydrogen) atoms. The molecule has 0 bridgehead atoms. The number of nitrogens with zero attached hydrogens (tertiary/aromatic N) is 2. The number of benzene rings is 1. The van der Waals surface area contributed by atoms with Gasteiger partial charge in [0.05, 0.1) is 19.8 Å². The van der Waals surface area contributed by atoms with Crippen molar-refractivity contribution >= 4 is 5.96 Å². The van der Waals surface area contributed by atoms with E-state index in [0.29, 0.717) is 12.5 Å². The molecule has 0 spiro atoms. The van der Waals surface area contributed by atoms with Crippen LogP contribution in [-0.4, -0.2) is 69.9 Å². The Balaban J connectivity index is 1.66. The molecule has 1 fully saturated rings. The molecular formula is C20H34N4O2. The first-order valence-electron chi connectivity index (χ1n) is 9.54. The number of hydrogen-bond acceptors (Lipinski definition) is 4. The summed E-state index contributed by atoms with van der Waals surface area (Å²) in [6.07, 6.45) is 0.0566. The van der Waals surface area contributed by atoms with Gasteiger partial charge < -0.3 is 20.1 Å². The van der Waals surface area contributed by atoms with Gasteiger partial charge in [-0.3, -0.25) is 9.89 Å². The van der Waals surface area contributed by atoms with E-state index in [1.165, 1.54) is 5.56 Å². The fraction of sp³-hybridized carbons (Fsp3) is 0.650. The Morgan fingerprint density at radius 1 is 1.23 bits per heavy atom. The second-order valence-corrected chi connectivity index (χ2v) is 7.10. The summed E-state index contributed by atoms with van der Waals surface area (Å²) in [6, 6.07) is 8.13. The third-order valence-electron chi connectivity index (χ3n) is 4.40. The van der Waals surface area contributed by atoms with E-state index in [0.717, 1.165) is 51.1 Å². The Bertz CT molecular complexity index is 558. The zero-order valence-electron chi connectivity index (χ0n) is 16.6. The van der Waals surface area contributed by atoms with Gasteiger partial charge in [-0.2, -0.15) is 0 Å². The summed E-state index contributed by atoms with van der Waals surface area (Å²) in [4.78, 5) is 6.77. The molecule has 1 aliphatic heterocycles. The predicted molar refractivity (Wildman–Crippen MR) is 107 cm³/mol. The molecule has 0 aromatic heterocycles. The second-order valence-electron chi connectivity index (χ2n) is 7.10. The summed E-state index contributed by atoms with van der Waals surface area (Å²) in [6.45, 7) is 12.8. The standard InChI is InChI=1S/C20H34N4O2/c1-16-6-5-7-19(12-16)26-18(3)14-23-20(21-4)22-13-17(2)15-24-8-10-25-11-9-24/h5-7,12,17-18H,8-11,13-15H2,1-4H3,(H2,21,22,23). The molecule has 0 radical (unpaired) electrons. The number of rotatable bonds is 8. The van der Waals surface area contributed by atoms with Crippen LogP contribution >= 0.6 is 0 Å². The number of ether oxygens (including phenoxy) is 2. The maximum atomic E-state index is 5.95. The zero-order chi connectivity index (χ0) is 18.8. The summed E-state index contributed by atoms with van der Waals surface area (Å²) in [7, 11) is 1.80. The van der Waals surface area contributed by atoms with Crippen molar-refractivity contribution in [3.63, 3.8) is 0 Å². The topological polar surface area (TPSA) is 58.1 Å². The molecular weight excluding hydrogens is 328 g/mol. The van der Waals surface area contributed by atoms with E-state index in [4.69, 9.17) is 9.47 Å². The molecule has 1 saturated heterocycles. The third-order valence-corrected chi connectivity index (χ3v) is 4.40. The lowest BCUT2D eigenvalue weighted by Crippen LogP contribution is -2.45. The maximum absolute atomic E-state index is 5.95. The van der Waals surface area contributed by atoms with Gasteiger partial charge in [-0.1, -0.05) is 19.1 Å². The summed E-state index contributed by atoms with van der Waals surface area (Å²) in [5, 5.41) is 6.76. The van der Waals surface area contributed by atoms with E-state index in [9.17, 15) is 0 Å². The van der Waals surface area contributed by atoms with Crippen LogP contribution in [0.2, 0.25) is 0 Å². The largest absolute Gasteiger partial charge is 0.489 e. The highest BCUT2D eigenvalue weighted by Crippen LogP contribution is 2.13. The highest BCUT2D eigenvalue weighted by Gasteiger charge is 2.14. The molecule has 2 unspecified atom stereocenters. The predicted octanol–water partition coefficient (Wildman–Crippen LogP) is 1.90. The van der Waals surface area contributed by atoms with Gasteiger partial charge in [0.1, 0.15) is 11.9 Å². The summed E-state index contributed by atoms with van der Waals surface area (Å²) in [5.74, 6) is 2.27. The Kier molecular flexibility index (Phi) is 8.71. The Morgan fingerprint density at radius 2 is 1.96 bits per heavy atom. The lowest BCUT2D eigenvalue weighted by Gasteiger charge is -2.29. The van der Waals surface area contributed by atoms with Gasteiger partial charge in [-0.05, 0) is 37.5 Å². The molecule has 6 heteroatoms. The average molecular weight is 363 g/mol. The van der Waals surface area contributed by atoms with Crippen molar-refractivity contribution < 1.29 is 9.47 Å². The van der Waals surface area contributed by atoms with Crippen LogP contribution in [0.4, 0.5) is 0 Å². The van der Waals surface area contributed by atoms with Crippen molar-refractivity contribution in [1.29, 1.82) is 0 Å². The van der Waals surface area contributed by atoms with Gasteiger partial charge in [-0.25, -0.2) is 0 Å². The summed E-state index contributed by atoms with van der Waals surface area (Å²) >= 11 is 0. The van der Waals surface area contributed by atoms with E-state index in [-0.39, 0.29) is 6.10 Å². The average Bonchev–Trinajstić information content (AvgIpc) is 2.62. The monoisotopic (exact) mass is 362 g/mol. The van der Waals surface area contributed by atoms with Gasteiger partial charge in [0.15, 0.2) is 5.96 Å². The van der Waals surface area contributed by atoms with E-state index in [1.54, 1.807) is 7.05 Å². The number of nitrogens with one attached hydrogen (secondary N) is 2. The third kappa shape index (κ3) is 7.62. The molecule has 2 atom stereocenters. The van der Waals surface area contributed by atoms with Crippen LogP contribution in [-0.2, 0) is 4.74 Å². The van der Waals surface area contributed by atoms with Crippen LogP contribution in [0.3, 0.4) is 0 Å². The zero-order valence-corrected chi connectivity index (χ0v) is 16.6. The molecule has 6 nitrogen and oxygen atoms in total. The molecule has 2 N–H and O–H groups in total. The fourth-order valence-electron chi connectivity index (χ4n) is 2.98. The van der Waals surface area contributed by atoms with Crippen molar-refractivity contribution in [2.24, 2.45) is 10.9 Å². The molecule has 0 aliphatic carbocycles. The Labute approximate surface area is 158 Å². The van der Waals surface area contributed by atoms with Crippen molar-refractivity contribution in [3.05, 3.63) is 29.8 Å². The lowest BCUT2D eigenvalue weighted by molar-refractivity contribution is 0.0320. The van der Waals surface area contributed by atoms with Crippen LogP contribution in [0, 0.1) is 12.8 Å². The van der Waals surface area contributed by atoms with Crippen molar-refractivity contribution in [3.8, 4) is 5.75 Å². The molecule has 2 rings (SSSR count). The molecule has 146 valence electrons. The molecule has 1 heterocycles. The molecule has 1 aromatic carbocycles. The summed E-state index contributed by atoms with van der Waals surface area (Å²) in [5.41, 5.74) is 1.20.